The van der Waals surface area contributed by atoms with Gasteiger partial charge in [-0.05, 0) is 23.9 Å². The fourth-order valence-corrected chi connectivity index (χ4v) is 5.35. The number of ketones is 1. The molecule has 170 valence electrons. The molecule has 1 saturated carbocycles. The zero-order valence-electron chi connectivity index (χ0n) is 18.5. The van der Waals surface area contributed by atoms with Gasteiger partial charge in [-0.3, -0.25) is 9.59 Å². The van der Waals surface area contributed by atoms with Crippen LogP contribution in [0.2, 0.25) is 0 Å². The van der Waals surface area contributed by atoms with E-state index in [0.29, 0.717) is 25.7 Å². The molecule has 1 fully saturated rings. The van der Waals surface area contributed by atoms with E-state index in [2.05, 4.69) is 24.0 Å². The summed E-state index contributed by atoms with van der Waals surface area (Å²) in [6.07, 6.45) is 3.70. The predicted octanol–water partition coefficient (Wildman–Crippen LogP) is 4.21. The minimum atomic E-state index is -0.874. The second-order valence-corrected chi connectivity index (χ2v) is 10.1. The topological polar surface area (TPSA) is 94.8 Å². The largest absolute Gasteiger partial charge is 0.481 e. The van der Waals surface area contributed by atoms with Gasteiger partial charge in [-0.15, -0.1) is 23.2 Å². The first-order valence-corrected chi connectivity index (χ1v) is 11.8. The fraction of sp³-hybridized carbons (Fsp3) is 0.462. The molecule has 0 saturated heterocycles. The number of thiophene rings is 1. The van der Waals surface area contributed by atoms with Crippen LogP contribution in [0.25, 0.3) is 10.1 Å². The van der Waals surface area contributed by atoms with E-state index in [1.165, 1.54) is 4.70 Å². The smallest absolute Gasteiger partial charge is 0.303 e. The molecule has 0 bridgehead atoms. The van der Waals surface area contributed by atoms with E-state index in [1.807, 2.05) is 18.2 Å². The van der Waals surface area contributed by atoms with Gasteiger partial charge in [0.1, 0.15) is 5.78 Å². The molecule has 3 N–H and O–H groups in total. The lowest BCUT2D eigenvalue weighted by Crippen LogP contribution is -2.31. The van der Waals surface area contributed by atoms with Gasteiger partial charge in [0.15, 0.2) is 0 Å². The zero-order valence-corrected chi connectivity index (χ0v) is 19.3. The van der Waals surface area contributed by atoms with Gasteiger partial charge in [-0.1, -0.05) is 44.2 Å². The van der Waals surface area contributed by atoms with Crippen molar-refractivity contribution in [1.29, 1.82) is 0 Å². The molecule has 2 aromatic rings. The number of hydrogen-bond donors (Lipinski definition) is 3. The molecule has 3 rings (SSSR count). The highest BCUT2D eigenvalue weighted by atomic mass is 32.1. The van der Waals surface area contributed by atoms with Gasteiger partial charge in [0.25, 0.3) is 0 Å². The van der Waals surface area contributed by atoms with Crippen molar-refractivity contribution < 1.29 is 24.9 Å². The van der Waals surface area contributed by atoms with E-state index in [0.717, 1.165) is 10.3 Å². The van der Waals surface area contributed by atoms with Gasteiger partial charge >= 0.3 is 5.97 Å². The minimum absolute atomic E-state index is 0.0292. The van der Waals surface area contributed by atoms with Gasteiger partial charge in [-0.25, -0.2) is 0 Å². The lowest BCUT2D eigenvalue weighted by Gasteiger charge is -2.22. The number of carbonyl (C=O) groups excluding carboxylic acids is 1. The summed E-state index contributed by atoms with van der Waals surface area (Å²) in [5, 5.41) is 31.2. The Balaban J connectivity index is 1.65. The molecule has 1 heterocycles. The monoisotopic (exact) mass is 454 g/mol. The number of rotatable bonds is 8. The average Bonchev–Trinajstić information content (AvgIpc) is 3.21. The molecule has 4 unspecified atom stereocenters. The summed E-state index contributed by atoms with van der Waals surface area (Å²) in [5.41, 5.74) is -0.874. The Morgan fingerprint density at radius 2 is 2.03 bits per heavy atom. The standard InChI is InChI=1S/C26H30O5S/c1-26(2)24(30)20(10-5-3-4-6-12-23(28)29)21(25(26)31)14-13-18(27)16-19-15-17-9-7-8-11-22(17)32-19/h7-9,11,13-15,18,20-21,25,27,31H,4,6,10,12,16H2,1-2H3,(H,28,29). The molecule has 0 aliphatic heterocycles. The van der Waals surface area contributed by atoms with E-state index < -0.39 is 35.4 Å². The molecule has 1 aromatic heterocycles. The number of aliphatic hydroxyl groups excluding tert-OH is 2. The summed E-state index contributed by atoms with van der Waals surface area (Å²) in [7, 11) is 0. The highest BCUT2D eigenvalue weighted by Gasteiger charge is 2.53. The van der Waals surface area contributed by atoms with Crippen LogP contribution < -0.4 is 0 Å². The van der Waals surface area contributed by atoms with Crippen LogP contribution in [0.3, 0.4) is 0 Å². The number of benzene rings is 1. The Morgan fingerprint density at radius 1 is 1.28 bits per heavy atom. The second kappa shape index (κ2) is 10.4. The van der Waals surface area contributed by atoms with Gasteiger partial charge < -0.3 is 15.3 Å². The first-order chi connectivity index (χ1) is 15.2. The van der Waals surface area contributed by atoms with E-state index >= 15 is 0 Å². The Hall–Kier alpha value is -2.46. The fourth-order valence-electron chi connectivity index (χ4n) is 4.23. The van der Waals surface area contributed by atoms with Crippen LogP contribution in [0.15, 0.2) is 42.5 Å². The summed E-state index contributed by atoms with van der Waals surface area (Å²) in [6.45, 7) is 3.49. The minimum Gasteiger partial charge on any atom is -0.481 e. The number of carboxylic acid groups (broad SMARTS) is 1. The highest BCUT2D eigenvalue weighted by Crippen LogP contribution is 2.44. The summed E-state index contributed by atoms with van der Waals surface area (Å²) >= 11 is 1.65. The molecular weight excluding hydrogens is 424 g/mol. The van der Waals surface area contributed by atoms with Gasteiger partial charge in [-0.2, -0.15) is 0 Å². The molecule has 0 spiro atoms. The van der Waals surface area contributed by atoms with Crippen molar-refractivity contribution in [2.75, 3.05) is 0 Å². The van der Waals surface area contributed by atoms with Crippen molar-refractivity contribution in [3.63, 3.8) is 0 Å². The van der Waals surface area contributed by atoms with Crippen LogP contribution in [0.5, 0.6) is 0 Å². The summed E-state index contributed by atoms with van der Waals surface area (Å²) in [6, 6.07) is 10.2. The molecule has 0 amide bonds. The van der Waals surface area contributed by atoms with E-state index in [9.17, 15) is 19.8 Å². The van der Waals surface area contributed by atoms with Crippen molar-refractivity contribution in [3.8, 4) is 11.8 Å². The quantitative estimate of drug-likeness (QED) is 0.316. The van der Waals surface area contributed by atoms with E-state index in [4.69, 9.17) is 5.11 Å². The number of aliphatic hydroxyl groups is 2. The Labute approximate surface area is 192 Å². The molecule has 1 aliphatic carbocycles. The summed E-state index contributed by atoms with van der Waals surface area (Å²) in [4.78, 5) is 24.5. The number of carboxylic acids is 1. The van der Waals surface area contributed by atoms with Crippen molar-refractivity contribution >= 4 is 33.2 Å². The number of hydrogen-bond acceptors (Lipinski definition) is 5. The second-order valence-electron chi connectivity index (χ2n) is 8.93. The van der Waals surface area contributed by atoms with Gasteiger partial charge in [0.2, 0.25) is 0 Å². The van der Waals surface area contributed by atoms with Crippen LogP contribution in [-0.4, -0.2) is 39.3 Å². The number of fused-ring (bicyclic) bond motifs is 1. The Kier molecular flexibility index (Phi) is 7.89. The third kappa shape index (κ3) is 5.66. The molecule has 5 nitrogen and oxygen atoms in total. The normalized spacial score (nSPS) is 23.4. The maximum Gasteiger partial charge on any atom is 0.303 e. The number of Topliss-reactive ketones (excluding diaryl/α,β-unsaturated/α-hetero) is 1. The molecule has 4 atom stereocenters. The van der Waals surface area contributed by atoms with Gasteiger partial charge in [0, 0.05) is 47.1 Å². The molecule has 0 radical (unpaired) electrons. The first kappa shape index (κ1) is 24.2. The summed E-state index contributed by atoms with van der Waals surface area (Å²) in [5.74, 6) is 4.20. The first-order valence-electron chi connectivity index (χ1n) is 10.9. The average molecular weight is 455 g/mol. The molecule has 32 heavy (non-hydrogen) atoms. The molecule has 1 aromatic carbocycles. The Morgan fingerprint density at radius 3 is 2.75 bits per heavy atom. The number of aliphatic carboxylic acids is 1. The van der Waals surface area contributed by atoms with Crippen molar-refractivity contribution in [2.24, 2.45) is 17.3 Å². The van der Waals surface area contributed by atoms with Gasteiger partial charge in [0.05, 0.1) is 17.6 Å². The molecule has 1 aliphatic rings. The highest BCUT2D eigenvalue weighted by molar-refractivity contribution is 7.19. The maximum atomic E-state index is 12.9. The van der Waals surface area contributed by atoms with Crippen molar-refractivity contribution in [2.45, 2.75) is 58.2 Å². The third-order valence-corrected chi connectivity index (χ3v) is 7.26. The van der Waals surface area contributed by atoms with Crippen molar-refractivity contribution in [3.05, 3.63) is 47.4 Å². The van der Waals surface area contributed by atoms with E-state index in [1.54, 1.807) is 37.3 Å². The van der Waals surface area contributed by atoms with Crippen LogP contribution in [-0.2, 0) is 16.0 Å². The third-order valence-electron chi connectivity index (χ3n) is 6.12. The SMILES string of the molecule is CC1(C)C(=O)C(CC#CCCCC(=O)O)C(C=CC(O)Cc2cc3ccccc3s2)C1O. The number of carbonyl (C=O) groups is 2. The lowest BCUT2D eigenvalue weighted by atomic mass is 9.86. The summed E-state index contributed by atoms with van der Waals surface area (Å²) < 4.78 is 1.18. The molecular formula is C26H30O5S. The predicted molar refractivity (Wildman–Crippen MR) is 126 cm³/mol. The number of unbranched alkanes of at least 4 members (excludes halogenated alkanes) is 1. The van der Waals surface area contributed by atoms with Crippen LogP contribution in [0.4, 0.5) is 0 Å². The Bertz CT molecular complexity index is 1020. The van der Waals surface area contributed by atoms with Crippen LogP contribution in [0.1, 0.15) is 44.4 Å². The lowest BCUT2D eigenvalue weighted by molar-refractivity contribution is -0.137. The maximum absolute atomic E-state index is 12.9. The van der Waals surface area contributed by atoms with Crippen LogP contribution >= 0.6 is 11.3 Å². The zero-order chi connectivity index (χ0) is 23.3. The van der Waals surface area contributed by atoms with Crippen LogP contribution in [0, 0.1) is 29.1 Å². The van der Waals surface area contributed by atoms with Crippen molar-refractivity contribution in [1.82, 2.24) is 0 Å². The molecule has 6 heteroatoms. The van der Waals surface area contributed by atoms with E-state index in [-0.39, 0.29) is 12.2 Å².